The van der Waals surface area contributed by atoms with Crippen molar-refractivity contribution in [2.75, 3.05) is 0 Å². The molecular formula is C13H16BrNO. The minimum Gasteiger partial charge on any atom is -0.476 e. The van der Waals surface area contributed by atoms with Crippen molar-refractivity contribution in [1.29, 1.82) is 5.26 Å². The van der Waals surface area contributed by atoms with Crippen LogP contribution in [-0.2, 0) is 5.41 Å². The molecule has 1 rings (SSSR count). The van der Waals surface area contributed by atoms with E-state index in [1.165, 1.54) is 0 Å². The number of nitriles is 1. The standard InChI is InChI=1S/C13H16BrNO/c1-9(8-15)16-12-6-5-10(14)7-11(12)13(2,3)4/h5-7,9H,1-4H3. The van der Waals surface area contributed by atoms with E-state index in [0.717, 1.165) is 15.8 Å². The third-order valence-corrected chi connectivity index (χ3v) is 2.73. The summed E-state index contributed by atoms with van der Waals surface area (Å²) in [6, 6.07) is 7.94. The van der Waals surface area contributed by atoms with Crippen LogP contribution in [0.4, 0.5) is 0 Å². The Kier molecular flexibility index (Phi) is 3.98. The highest BCUT2D eigenvalue weighted by molar-refractivity contribution is 9.10. The van der Waals surface area contributed by atoms with Crippen LogP contribution in [0, 0.1) is 11.3 Å². The van der Waals surface area contributed by atoms with Crippen molar-refractivity contribution in [3.8, 4) is 11.8 Å². The molecule has 0 saturated heterocycles. The maximum Gasteiger partial charge on any atom is 0.181 e. The summed E-state index contributed by atoms with van der Waals surface area (Å²) < 4.78 is 6.62. The van der Waals surface area contributed by atoms with Crippen LogP contribution >= 0.6 is 15.9 Å². The smallest absolute Gasteiger partial charge is 0.181 e. The highest BCUT2D eigenvalue weighted by Crippen LogP contribution is 2.34. The third kappa shape index (κ3) is 3.24. The normalized spacial score (nSPS) is 13.0. The summed E-state index contributed by atoms with van der Waals surface area (Å²) in [6.45, 7) is 8.12. The molecule has 1 unspecified atom stereocenters. The van der Waals surface area contributed by atoms with Crippen LogP contribution in [0.1, 0.15) is 33.3 Å². The predicted octanol–water partition coefficient (Wildman–Crippen LogP) is 4.04. The second kappa shape index (κ2) is 4.88. The lowest BCUT2D eigenvalue weighted by molar-refractivity contribution is 0.269. The molecule has 0 saturated carbocycles. The molecule has 3 heteroatoms. The van der Waals surface area contributed by atoms with Gasteiger partial charge in [0.25, 0.3) is 0 Å². The molecule has 0 spiro atoms. The number of ether oxygens (including phenoxy) is 1. The van der Waals surface area contributed by atoms with Gasteiger partial charge in [-0.3, -0.25) is 0 Å². The summed E-state index contributed by atoms with van der Waals surface area (Å²) in [5.74, 6) is 0.782. The van der Waals surface area contributed by atoms with Crippen LogP contribution < -0.4 is 4.74 Å². The first-order chi connectivity index (χ1) is 7.34. The molecule has 1 aromatic rings. The Bertz CT molecular complexity index is 415. The zero-order chi connectivity index (χ0) is 12.3. The quantitative estimate of drug-likeness (QED) is 0.820. The lowest BCUT2D eigenvalue weighted by Crippen LogP contribution is -2.16. The largest absolute Gasteiger partial charge is 0.476 e. The van der Waals surface area contributed by atoms with Crippen molar-refractivity contribution in [1.82, 2.24) is 0 Å². The molecule has 0 N–H and O–H groups in total. The monoisotopic (exact) mass is 281 g/mol. The van der Waals surface area contributed by atoms with Crippen LogP contribution in [0.15, 0.2) is 22.7 Å². The molecule has 1 atom stereocenters. The summed E-state index contributed by atoms with van der Waals surface area (Å²) in [5, 5.41) is 8.76. The van der Waals surface area contributed by atoms with Crippen molar-refractivity contribution < 1.29 is 4.74 Å². The van der Waals surface area contributed by atoms with Crippen LogP contribution in [-0.4, -0.2) is 6.10 Å². The summed E-state index contributed by atoms with van der Waals surface area (Å²) in [5.41, 5.74) is 1.10. The number of hydrogen-bond donors (Lipinski definition) is 0. The van der Waals surface area contributed by atoms with Crippen LogP contribution in [0.5, 0.6) is 5.75 Å². The van der Waals surface area contributed by atoms with Gasteiger partial charge in [0.2, 0.25) is 0 Å². The second-order valence-electron chi connectivity index (χ2n) is 4.78. The van der Waals surface area contributed by atoms with E-state index in [-0.39, 0.29) is 5.41 Å². The van der Waals surface area contributed by atoms with Crippen molar-refractivity contribution in [2.45, 2.75) is 39.2 Å². The van der Waals surface area contributed by atoms with Gasteiger partial charge in [0, 0.05) is 10.0 Å². The SMILES string of the molecule is CC(C#N)Oc1ccc(Br)cc1C(C)(C)C. The summed E-state index contributed by atoms with van der Waals surface area (Å²) >= 11 is 3.45. The van der Waals surface area contributed by atoms with Crippen LogP contribution in [0.25, 0.3) is 0 Å². The maximum absolute atomic E-state index is 8.76. The Labute approximate surface area is 105 Å². The summed E-state index contributed by atoms with van der Waals surface area (Å²) in [6.07, 6.45) is -0.428. The Hall–Kier alpha value is -1.01. The maximum atomic E-state index is 8.76. The first kappa shape index (κ1) is 13.1. The Balaban J connectivity index is 3.14. The number of rotatable bonds is 2. The van der Waals surface area contributed by atoms with E-state index in [1.54, 1.807) is 6.92 Å². The first-order valence-corrected chi connectivity index (χ1v) is 6.00. The molecule has 0 fully saturated rings. The van der Waals surface area contributed by atoms with Crippen molar-refractivity contribution >= 4 is 15.9 Å². The molecule has 16 heavy (non-hydrogen) atoms. The molecule has 0 bridgehead atoms. The molecule has 0 amide bonds. The van der Waals surface area contributed by atoms with E-state index < -0.39 is 6.10 Å². The highest BCUT2D eigenvalue weighted by atomic mass is 79.9. The van der Waals surface area contributed by atoms with Crippen molar-refractivity contribution in [2.24, 2.45) is 0 Å². The Morgan fingerprint density at radius 3 is 2.50 bits per heavy atom. The molecule has 0 heterocycles. The van der Waals surface area contributed by atoms with Crippen LogP contribution in [0.2, 0.25) is 0 Å². The zero-order valence-electron chi connectivity index (χ0n) is 10.0. The van der Waals surface area contributed by atoms with Gasteiger partial charge in [-0.25, -0.2) is 0 Å². The first-order valence-electron chi connectivity index (χ1n) is 5.21. The van der Waals surface area contributed by atoms with E-state index in [9.17, 15) is 0 Å². The van der Waals surface area contributed by atoms with E-state index in [0.29, 0.717) is 0 Å². The Morgan fingerprint density at radius 2 is 2.00 bits per heavy atom. The summed E-state index contributed by atoms with van der Waals surface area (Å²) in [4.78, 5) is 0. The van der Waals surface area contributed by atoms with Gasteiger partial charge < -0.3 is 4.74 Å². The second-order valence-corrected chi connectivity index (χ2v) is 5.70. The fourth-order valence-corrected chi connectivity index (χ4v) is 1.77. The molecule has 0 radical (unpaired) electrons. The van der Waals surface area contributed by atoms with Crippen molar-refractivity contribution in [3.05, 3.63) is 28.2 Å². The minimum absolute atomic E-state index is 0.00567. The minimum atomic E-state index is -0.428. The van der Waals surface area contributed by atoms with Gasteiger partial charge in [-0.1, -0.05) is 36.7 Å². The number of nitrogens with zero attached hydrogens (tertiary/aromatic N) is 1. The molecular weight excluding hydrogens is 266 g/mol. The lowest BCUT2D eigenvalue weighted by Gasteiger charge is -2.23. The topological polar surface area (TPSA) is 33.0 Å². The van der Waals surface area contributed by atoms with Gasteiger partial charge in [0.1, 0.15) is 11.8 Å². The fraction of sp³-hybridized carbons (Fsp3) is 0.462. The van der Waals surface area contributed by atoms with E-state index >= 15 is 0 Å². The third-order valence-electron chi connectivity index (χ3n) is 2.24. The molecule has 0 aromatic heterocycles. The number of halogens is 1. The molecule has 1 aromatic carbocycles. The fourth-order valence-electron chi connectivity index (χ4n) is 1.41. The lowest BCUT2D eigenvalue weighted by atomic mass is 9.86. The highest BCUT2D eigenvalue weighted by Gasteiger charge is 2.20. The van der Waals surface area contributed by atoms with E-state index in [2.05, 4.69) is 42.8 Å². The molecule has 0 aliphatic carbocycles. The number of benzene rings is 1. The average molecular weight is 282 g/mol. The predicted molar refractivity (Wildman–Crippen MR) is 68.5 cm³/mol. The number of hydrogen-bond acceptors (Lipinski definition) is 2. The van der Waals surface area contributed by atoms with Crippen LogP contribution in [0.3, 0.4) is 0 Å². The molecule has 2 nitrogen and oxygen atoms in total. The van der Waals surface area contributed by atoms with Gasteiger partial charge in [-0.2, -0.15) is 5.26 Å². The van der Waals surface area contributed by atoms with Gasteiger partial charge in [0.15, 0.2) is 6.10 Å². The average Bonchev–Trinajstić information content (AvgIpc) is 2.19. The Morgan fingerprint density at radius 1 is 1.38 bits per heavy atom. The van der Waals surface area contributed by atoms with Gasteiger partial charge in [0.05, 0.1) is 0 Å². The zero-order valence-corrected chi connectivity index (χ0v) is 11.6. The van der Waals surface area contributed by atoms with Gasteiger partial charge >= 0.3 is 0 Å². The van der Waals surface area contributed by atoms with E-state index in [4.69, 9.17) is 10.00 Å². The summed E-state index contributed by atoms with van der Waals surface area (Å²) in [7, 11) is 0. The molecule has 0 aliphatic rings. The molecule has 86 valence electrons. The van der Waals surface area contributed by atoms with Gasteiger partial charge in [-0.05, 0) is 30.5 Å². The molecule has 0 aliphatic heterocycles. The van der Waals surface area contributed by atoms with Gasteiger partial charge in [-0.15, -0.1) is 0 Å². The van der Waals surface area contributed by atoms with E-state index in [1.807, 2.05) is 18.2 Å². The van der Waals surface area contributed by atoms with Crippen molar-refractivity contribution in [3.63, 3.8) is 0 Å².